The average molecular weight is 262 g/mol. The van der Waals surface area contributed by atoms with Crippen LogP contribution >= 0.6 is 23.2 Å². The largest absolute Gasteiger partial charge is 0.481 e. The highest BCUT2D eigenvalue weighted by Gasteiger charge is 2.22. The van der Waals surface area contributed by atoms with E-state index in [0.717, 1.165) is 0 Å². The van der Waals surface area contributed by atoms with Gasteiger partial charge in [0, 0.05) is 10.6 Å². The summed E-state index contributed by atoms with van der Waals surface area (Å²) in [4.78, 5) is 10.7. The summed E-state index contributed by atoms with van der Waals surface area (Å²) in [6.45, 7) is 3.58. The Morgan fingerprint density at radius 2 is 2.06 bits per heavy atom. The van der Waals surface area contributed by atoms with Crippen LogP contribution in [0.25, 0.3) is 0 Å². The zero-order chi connectivity index (χ0) is 12.3. The number of hydrogen-bond acceptors (Lipinski definition) is 2. The van der Waals surface area contributed by atoms with Crippen LogP contribution in [0.1, 0.15) is 20.3 Å². The predicted molar refractivity (Wildman–Crippen MR) is 66.4 cm³/mol. The number of carboxylic acids is 1. The van der Waals surface area contributed by atoms with Crippen molar-refractivity contribution in [2.24, 2.45) is 0 Å². The summed E-state index contributed by atoms with van der Waals surface area (Å²) in [5.41, 5.74) is 0.0561. The molecule has 0 heterocycles. The minimum atomic E-state index is -0.865. The first-order chi connectivity index (χ1) is 7.30. The summed E-state index contributed by atoms with van der Waals surface area (Å²) in [6.07, 6.45) is -0.00412. The molecule has 16 heavy (non-hydrogen) atoms. The minimum Gasteiger partial charge on any atom is -0.481 e. The lowest BCUT2D eigenvalue weighted by Crippen LogP contribution is -2.33. The molecular weight excluding hydrogens is 249 g/mol. The van der Waals surface area contributed by atoms with Crippen molar-refractivity contribution in [3.63, 3.8) is 0 Å². The van der Waals surface area contributed by atoms with Crippen molar-refractivity contribution < 1.29 is 9.90 Å². The maximum Gasteiger partial charge on any atom is 0.305 e. The average Bonchev–Trinajstić information content (AvgIpc) is 2.08. The zero-order valence-electron chi connectivity index (χ0n) is 9.05. The summed E-state index contributed by atoms with van der Waals surface area (Å²) in [5, 5.41) is 12.9. The van der Waals surface area contributed by atoms with Gasteiger partial charge in [-0.1, -0.05) is 23.2 Å². The number of hydrogen-bond donors (Lipinski definition) is 2. The highest BCUT2D eigenvalue weighted by molar-refractivity contribution is 6.35. The summed E-state index contributed by atoms with van der Waals surface area (Å²) < 4.78 is 0. The second-order valence-corrected chi connectivity index (χ2v) is 5.05. The van der Waals surface area contributed by atoms with E-state index >= 15 is 0 Å². The molecule has 1 rings (SSSR count). The molecule has 0 atom stereocenters. The van der Waals surface area contributed by atoms with Crippen LogP contribution in [0.5, 0.6) is 0 Å². The summed E-state index contributed by atoms with van der Waals surface area (Å²) >= 11 is 11.8. The number of halogens is 2. The van der Waals surface area contributed by atoms with Crippen LogP contribution in [0.15, 0.2) is 18.2 Å². The number of carboxylic acid groups (broad SMARTS) is 1. The first kappa shape index (κ1) is 13.1. The SMILES string of the molecule is CC(C)(CC(=O)O)Nc1cc(Cl)ccc1Cl. The van der Waals surface area contributed by atoms with E-state index in [-0.39, 0.29) is 6.42 Å². The van der Waals surface area contributed by atoms with Gasteiger partial charge in [-0.15, -0.1) is 0 Å². The Balaban J connectivity index is 2.86. The Hall–Kier alpha value is -0.930. The summed E-state index contributed by atoms with van der Waals surface area (Å²) in [7, 11) is 0. The molecule has 0 fully saturated rings. The molecule has 2 N–H and O–H groups in total. The standard InChI is InChI=1S/C11H13Cl2NO2/c1-11(2,6-10(15)16)14-9-5-7(12)3-4-8(9)13/h3-5,14H,6H2,1-2H3,(H,15,16). The van der Waals surface area contributed by atoms with Crippen molar-refractivity contribution in [3.05, 3.63) is 28.2 Å². The molecule has 0 unspecified atom stereocenters. The fraction of sp³-hybridized carbons (Fsp3) is 0.364. The predicted octanol–water partition coefficient (Wildman–Crippen LogP) is 3.66. The number of benzene rings is 1. The van der Waals surface area contributed by atoms with Gasteiger partial charge < -0.3 is 10.4 Å². The van der Waals surface area contributed by atoms with E-state index < -0.39 is 11.5 Å². The molecule has 0 aliphatic heterocycles. The molecule has 5 heteroatoms. The zero-order valence-corrected chi connectivity index (χ0v) is 10.6. The quantitative estimate of drug-likeness (QED) is 0.870. The lowest BCUT2D eigenvalue weighted by atomic mass is 10.0. The van der Waals surface area contributed by atoms with E-state index in [1.807, 2.05) is 0 Å². The second kappa shape index (κ2) is 4.93. The Bertz CT molecular complexity index is 405. The fourth-order valence-electron chi connectivity index (χ4n) is 1.38. The van der Waals surface area contributed by atoms with E-state index in [9.17, 15) is 4.79 Å². The van der Waals surface area contributed by atoms with Crippen LogP contribution in [0.2, 0.25) is 10.0 Å². The van der Waals surface area contributed by atoms with E-state index in [1.54, 1.807) is 32.0 Å². The van der Waals surface area contributed by atoms with Gasteiger partial charge in [0.15, 0.2) is 0 Å². The normalized spacial score (nSPS) is 11.2. The third kappa shape index (κ3) is 3.91. The van der Waals surface area contributed by atoms with Gasteiger partial charge >= 0.3 is 5.97 Å². The first-order valence-electron chi connectivity index (χ1n) is 4.75. The van der Waals surface area contributed by atoms with Crippen molar-refractivity contribution in [1.29, 1.82) is 0 Å². The van der Waals surface area contributed by atoms with Gasteiger partial charge in [0.1, 0.15) is 0 Å². The van der Waals surface area contributed by atoms with E-state index in [0.29, 0.717) is 15.7 Å². The van der Waals surface area contributed by atoms with Gasteiger partial charge in [-0.25, -0.2) is 0 Å². The Morgan fingerprint density at radius 1 is 1.44 bits per heavy atom. The Labute approximate surface area is 104 Å². The van der Waals surface area contributed by atoms with Crippen molar-refractivity contribution in [3.8, 4) is 0 Å². The van der Waals surface area contributed by atoms with Crippen LogP contribution in [-0.2, 0) is 4.79 Å². The molecule has 88 valence electrons. The number of aliphatic carboxylic acids is 1. The molecule has 3 nitrogen and oxygen atoms in total. The Morgan fingerprint density at radius 3 is 2.62 bits per heavy atom. The third-order valence-corrected chi connectivity index (χ3v) is 2.56. The Kier molecular flexibility index (Phi) is 4.05. The van der Waals surface area contributed by atoms with E-state index in [2.05, 4.69) is 5.32 Å². The number of nitrogens with one attached hydrogen (secondary N) is 1. The molecule has 0 amide bonds. The van der Waals surface area contributed by atoms with Crippen molar-refractivity contribution >= 4 is 34.9 Å². The molecule has 0 spiro atoms. The van der Waals surface area contributed by atoms with Crippen LogP contribution in [0.3, 0.4) is 0 Å². The molecule has 0 aliphatic rings. The number of rotatable bonds is 4. The summed E-state index contributed by atoms with van der Waals surface area (Å²) in [5.74, 6) is -0.865. The molecule has 0 saturated heterocycles. The highest BCUT2D eigenvalue weighted by Crippen LogP contribution is 2.28. The lowest BCUT2D eigenvalue weighted by molar-refractivity contribution is -0.137. The number of carbonyl (C=O) groups is 1. The summed E-state index contributed by atoms with van der Waals surface area (Å²) in [6, 6.07) is 5.02. The van der Waals surface area contributed by atoms with Gasteiger partial charge in [-0.05, 0) is 32.0 Å². The molecule has 0 aliphatic carbocycles. The van der Waals surface area contributed by atoms with E-state index in [1.165, 1.54) is 0 Å². The topological polar surface area (TPSA) is 49.3 Å². The van der Waals surface area contributed by atoms with Crippen LogP contribution < -0.4 is 5.32 Å². The number of anilines is 1. The highest BCUT2D eigenvalue weighted by atomic mass is 35.5. The minimum absolute atomic E-state index is 0.00412. The molecule has 0 saturated carbocycles. The third-order valence-electron chi connectivity index (χ3n) is 1.99. The fourth-order valence-corrected chi connectivity index (χ4v) is 1.72. The van der Waals surface area contributed by atoms with Gasteiger partial charge in [-0.2, -0.15) is 0 Å². The van der Waals surface area contributed by atoms with Gasteiger partial charge in [0.25, 0.3) is 0 Å². The van der Waals surface area contributed by atoms with E-state index in [4.69, 9.17) is 28.3 Å². The molecule has 1 aromatic carbocycles. The first-order valence-corrected chi connectivity index (χ1v) is 5.51. The molecule has 0 aromatic heterocycles. The monoisotopic (exact) mass is 261 g/mol. The lowest BCUT2D eigenvalue weighted by Gasteiger charge is -2.26. The van der Waals surface area contributed by atoms with Crippen molar-refractivity contribution in [2.45, 2.75) is 25.8 Å². The van der Waals surface area contributed by atoms with Gasteiger partial charge in [0.05, 0.1) is 17.1 Å². The van der Waals surface area contributed by atoms with Crippen molar-refractivity contribution in [1.82, 2.24) is 0 Å². The maximum atomic E-state index is 10.7. The maximum absolute atomic E-state index is 10.7. The van der Waals surface area contributed by atoms with Gasteiger partial charge in [0.2, 0.25) is 0 Å². The van der Waals surface area contributed by atoms with Crippen molar-refractivity contribution in [2.75, 3.05) is 5.32 Å². The smallest absolute Gasteiger partial charge is 0.305 e. The van der Waals surface area contributed by atoms with Crippen LogP contribution in [-0.4, -0.2) is 16.6 Å². The molecule has 0 radical (unpaired) electrons. The van der Waals surface area contributed by atoms with Crippen LogP contribution in [0.4, 0.5) is 5.69 Å². The molecule has 1 aromatic rings. The van der Waals surface area contributed by atoms with Crippen LogP contribution in [0, 0.1) is 0 Å². The second-order valence-electron chi connectivity index (χ2n) is 4.20. The molecular formula is C11H13Cl2NO2. The van der Waals surface area contributed by atoms with Gasteiger partial charge in [-0.3, -0.25) is 4.79 Å². The molecule has 0 bridgehead atoms.